The second-order valence-electron chi connectivity index (χ2n) is 4.89. The van der Waals surface area contributed by atoms with Crippen molar-refractivity contribution in [3.05, 3.63) is 24.2 Å². The minimum atomic E-state index is -0.364. The lowest BCUT2D eigenvalue weighted by Gasteiger charge is -2.27. The fourth-order valence-electron chi connectivity index (χ4n) is 2.53. The largest absolute Gasteiger partial charge is 0.468 e. The summed E-state index contributed by atoms with van der Waals surface area (Å²) in [6, 6.07) is 2.90. The van der Waals surface area contributed by atoms with Crippen molar-refractivity contribution < 1.29 is 18.7 Å². The number of ether oxygens (including phenoxy) is 1. The average molecular weight is 280 g/mol. The van der Waals surface area contributed by atoms with Crippen LogP contribution in [0.5, 0.6) is 0 Å². The molecular formula is C14H20N2O4. The molecule has 1 amide bonds. The maximum atomic E-state index is 12.1. The van der Waals surface area contributed by atoms with Crippen molar-refractivity contribution >= 4 is 11.9 Å². The minimum absolute atomic E-state index is 0.114. The Morgan fingerprint density at radius 2 is 2.40 bits per heavy atom. The molecule has 1 N–H and O–H groups in total. The van der Waals surface area contributed by atoms with Gasteiger partial charge >= 0.3 is 5.97 Å². The van der Waals surface area contributed by atoms with Crippen LogP contribution < -0.4 is 5.32 Å². The van der Waals surface area contributed by atoms with E-state index in [4.69, 9.17) is 9.15 Å². The first-order chi connectivity index (χ1) is 9.63. The number of methoxy groups -OCH3 is 1. The third-order valence-corrected chi connectivity index (χ3v) is 3.66. The van der Waals surface area contributed by atoms with Gasteiger partial charge in [0, 0.05) is 0 Å². The molecule has 2 atom stereocenters. The molecule has 0 radical (unpaired) electrons. The van der Waals surface area contributed by atoms with Crippen molar-refractivity contribution in [2.24, 2.45) is 0 Å². The lowest BCUT2D eigenvalue weighted by atomic mass is 10.2. The van der Waals surface area contributed by atoms with Crippen LogP contribution in [0.1, 0.15) is 25.5 Å². The van der Waals surface area contributed by atoms with E-state index in [1.807, 2.05) is 4.90 Å². The molecule has 6 nitrogen and oxygen atoms in total. The van der Waals surface area contributed by atoms with Gasteiger partial charge in [-0.3, -0.25) is 14.5 Å². The minimum Gasteiger partial charge on any atom is -0.468 e. The van der Waals surface area contributed by atoms with Crippen LogP contribution in [0, 0.1) is 0 Å². The molecule has 6 heteroatoms. The van der Waals surface area contributed by atoms with Crippen LogP contribution >= 0.6 is 0 Å². The molecule has 1 aromatic rings. The number of nitrogens with one attached hydrogen (secondary N) is 1. The van der Waals surface area contributed by atoms with E-state index in [-0.39, 0.29) is 24.0 Å². The van der Waals surface area contributed by atoms with Gasteiger partial charge in [0.25, 0.3) is 0 Å². The number of nitrogens with zero attached hydrogens (tertiary/aromatic N) is 1. The maximum Gasteiger partial charge on any atom is 0.323 e. The quantitative estimate of drug-likeness (QED) is 0.812. The van der Waals surface area contributed by atoms with Gasteiger partial charge in [-0.25, -0.2) is 0 Å². The van der Waals surface area contributed by atoms with Gasteiger partial charge in [-0.1, -0.05) is 0 Å². The molecule has 1 saturated heterocycles. The Bertz CT molecular complexity index is 458. The summed E-state index contributed by atoms with van der Waals surface area (Å²) in [6.45, 7) is 2.89. The highest BCUT2D eigenvalue weighted by atomic mass is 16.5. The van der Waals surface area contributed by atoms with Crippen LogP contribution in [-0.2, 0) is 20.9 Å². The molecule has 0 spiro atoms. The molecule has 0 aliphatic carbocycles. The van der Waals surface area contributed by atoms with Gasteiger partial charge in [0.2, 0.25) is 5.91 Å². The zero-order valence-electron chi connectivity index (χ0n) is 11.8. The third-order valence-electron chi connectivity index (χ3n) is 3.66. The number of hydrogen-bond donors (Lipinski definition) is 1. The highest BCUT2D eigenvalue weighted by Crippen LogP contribution is 2.21. The van der Waals surface area contributed by atoms with Crippen LogP contribution in [0.2, 0.25) is 0 Å². The summed E-state index contributed by atoms with van der Waals surface area (Å²) in [5.41, 5.74) is 0. The summed E-state index contributed by atoms with van der Waals surface area (Å²) in [7, 11) is 1.38. The Morgan fingerprint density at radius 1 is 1.60 bits per heavy atom. The SMILES string of the molecule is COC(=O)C1CCCN1C(C)C(=O)NCc1ccco1. The van der Waals surface area contributed by atoms with Crippen LogP contribution in [0.25, 0.3) is 0 Å². The van der Waals surface area contributed by atoms with E-state index in [1.165, 1.54) is 7.11 Å². The molecule has 1 aliphatic rings. The Morgan fingerprint density at radius 3 is 3.05 bits per heavy atom. The summed E-state index contributed by atoms with van der Waals surface area (Å²) in [5, 5.41) is 2.81. The molecule has 1 fully saturated rings. The summed E-state index contributed by atoms with van der Waals surface area (Å²) in [5.74, 6) is 0.321. The predicted molar refractivity (Wildman–Crippen MR) is 71.8 cm³/mol. The monoisotopic (exact) mass is 280 g/mol. The molecule has 2 rings (SSSR count). The van der Waals surface area contributed by atoms with Gasteiger partial charge in [0.05, 0.1) is 26.0 Å². The first kappa shape index (κ1) is 14.6. The molecule has 110 valence electrons. The van der Waals surface area contributed by atoms with Crippen LogP contribution in [0.4, 0.5) is 0 Å². The van der Waals surface area contributed by atoms with Crippen molar-refractivity contribution in [3.8, 4) is 0 Å². The molecule has 2 heterocycles. The molecule has 1 aliphatic heterocycles. The first-order valence-corrected chi connectivity index (χ1v) is 6.77. The van der Waals surface area contributed by atoms with Gasteiger partial charge in [-0.2, -0.15) is 0 Å². The number of carbonyl (C=O) groups is 2. The Kier molecular flexibility index (Phi) is 4.79. The number of rotatable bonds is 5. The normalized spacial score (nSPS) is 20.6. The predicted octanol–water partition coefficient (Wildman–Crippen LogP) is 0.922. The number of amides is 1. The standard InChI is InChI=1S/C14H20N2O4/c1-10(13(17)15-9-11-5-4-8-20-11)16-7-3-6-12(16)14(18)19-2/h4-5,8,10,12H,3,6-7,9H2,1-2H3,(H,15,17). The lowest BCUT2D eigenvalue weighted by molar-refractivity contribution is -0.147. The van der Waals surface area contributed by atoms with Gasteiger partial charge in [-0.05, 0) is 38.4 Å². The number of likely N-dealkylation sites (tertiary alicyclic amines) is 1. The summed E-state index contributed by atoms with van der Waals surface area (Å²) in [4.78, 5) is 25.7. The average Bonchev–Trinajstić information content (AvgIpc) is 3.13. The van der Waals surface area contributed by atoms with Crippen molar-refractivity contribution in [2.75, 3.05) is 13.7 Å². The second kappa shape index (κ2) is 6.56. The second-order valence-corrected chi connectivity index (χ2v) is 4.89. The smallest absolute Gasteiger partial charge is 0.323 e. The number of esters is 1. The van der Waals surface area contributed by atoms with Gasteiger partial charge in [-0.15, -0.1) is 0 Å². The molecule has 0 bridgehead atoms. The highest BCUT2D eigenvalue weighted by Gasteiger charge is 2.36. The summed E-state index contributed by atoms with van der Waals surface area (Å²) in [6.07, 6.45) is 3.21. The zero-order chi connectivity index (χ0) is 14.5. The van der Waals surface area contributed by atoms with E-state index < -0.39 is 0 Å². The van der Waals surface area contributed by atoms with E-state index in [1.54, 1.807) is 25.3 Å². The first-order valence-electron chi connectivity index (χ1n) is 6.77. The van der Waals surface area contributed by atoms with E-state index in [0.717, 1.165) is 19.4 Å². The molecule has 0 aromatic carbocycles. The lowest BCUT2D eigenvalue weighted by Crippen LogP contribution is -2.49. The maximum absolute atomic E-state index is 12.1. The van der Waals surface area contributed by atoms with Gasteiger partial charge in [0.15, 0.2) is 0 Å². The van der Waals surface area contributed by atoms with Crippen molar-refractivity contribution in [1.82, 2.24) is 10.2 Å². The van der Waals surface area contributed by atoms with E-state index >= 15 is 0 Å². The topological polar surface area (TPSA) is 71.8 Å². The molecule has 2 unspecified atom stereocenters. The molecular weight excluding hydrogens is 260 g/mol. The van der Waals surface area contributed by atoms with Gasteiger partial charge < -0.3 is 14.5 Å². The molecule has 0 saturated carbocycles. The third kappa shape index (κ3) is 3.19. The van der Waals surface area contributed by atoms with E-state index in [9.17, 15) is 9.59 Å². The van der Waals surface area contributed by atoms with Crippen LogP contribution in [-0.4, -0.2) is 42.5 Å². The van der Waals surface area contributed by atoms with E-state index in [0.29, 0.717) is 12.3 Å². The Hall–Kier alpha value is -1.82. The van der Waals surface area contributed by atoms with Crippen molar-refractivity contribution in [3.63, 3.8) is 0 Å². The van der Waals surface area contributed by atoms with Crippen LogP contribution in [0.3, 0.4) is 0 Å². The highest BCUT2D eigenvalue weighted by molar-refractivity contribution is 5.83. The van der Waals surface area contributed by atoms with Gasteiger partial charge in [0.1, 0.15) is 11.8 Å². The zero-order valence-corrected chi connectivity index (χ0v) is 11.8. The Labute approximate surface area is 118 Å². The Balaban J connectivity index is 1.90. The van der Waals surface area contributed by atoms with Crippen molar-refractivity contribution in [2.45, 2.75) is 38.4 Å². The molecule has 20 heavy (non-hydrogen) atoms. The summed E-state index contributed by atoms with van der Waals surface area (Å²) < 4.78 is 9.95. The number of furan rings is 1. The summed E-state index contributed by atoms with van der Waals surface area (Å²) >= 11 is 0. The van der Waals surface area contributed by atoms with E-state index in [2.05, 4.69) is 5.32 Å². The number of hydrogen-bond acceptors (Lipinski definition) is 5. The molecule has 1 aromatic heterocycles. The van der Waals surface area contributed by atoms with Crippen LogP contribution in [0.15, 0.2) is 22.8 Å². The number of carbonyl (C=O) groups excluding carboxylic acids is 2. The fourth-order valence-corrected chi connectivity index (χ4v) is 2.53. The fraction of sp³-hybridized carbons (Fsp3) is 0.571. The van der Waals surface area contributed by atoms with Crippen molar-refractivity contribution in [1.29, 1.82) is 0 Å².